The van der Waals surface area contributed by atoms with Gasteiger partial charge in [0.25, 0.3) is 0 Å². The van der Waals surface area contributed by atoms with Crippen molar-refractivity contribution in [2.24, 2.45) is 0 Å². The van der Waals surface area contributed by atoms with Gasteiger partial charge in [0.1, 0.15) is 11.5 Å². The first-order valence-corrected chi connectivity index (χ1v) is 8.19. The zero-order valence-electron chi connectivity index (χ0n) is 14.5. The molecule has 2 aromatic rings. The zero-order chi connectivity index (χ0) is 18.4. The molecule has 0 heterocycles. The topological polar surface area (TPSA) is 54.0 Å². The van der Waals surface area contributed by atoms with Gasteiger partial charge in [0.15, 0.2) is 17.3 Å². The van der Waals surface area contributed by atoms with E-state index in [-0.39, 0.29) is 5.78 Å². The molecule has 0 radical (unpaired) electrons. The highest BCUT2D eigenvalue weighted by molar-refractivity contribution is 9.10. The standard InChI is InChI=1S/C19H19BrO5/c1-22-13-6-7-14(17(10-13)23-2)16(21)8-5-12-9-18(24-3)19(25-4)11-15(12)20/h5-11H,1-4H3/b8-5+. The van der Waals surface area contributed by atoms with E-state index in [1.54, 1.807) is 57.7 Å². The van der Waals surface area contributed by atoms with Gasteiger partial charge in [-0.05, 0) is 42.0 Å². The van der Waals surface area contributed by atoms with E-state index in [1.165, 1.54) is 13.2 Å². The number of hydrogen-bond donors (Lipinski definition) is 0. The first-order valence-electron chi connectivity index (χ1n) is 7.40. The molecule has 0 aliphatic carbocycles. The summed E-state index contributed by atoms with van der Waals surface area (Å²) in [6.45, 7) is 0. The van der Waals surface area contributed by atoms with Crippen molar-refractivity contribution in [2.75, 3.05) is 28.4 Å². The predicted octanol–water partition coefficient (Wildman–Crippen LogP) is 4.38. The number of methoxy groups -OCH3 is 4. The smallest absolute Gasteiger partial charge is 0.189 e. The van der Waals surface area contributed by atoms with Gasteiger partial charge in [-0.2, -0.15) is 0 Å². The van der Waals surface area contributed by atoms with Crippen molar-refractivity contribution in [1.82, 2.24) is 0 Å². The third kappa shape index (κ3) is 4.33. The molecule has 0 aliphatic heterocycles. The van der Waals surface area contributed by atoms with Crippen LogP contribution in [0.3, 0.4) is 0 Å². The zero-order valence-corrected chi connectivity index (χ0v) is 16.0. The van der Waals surface area contributed by atoms with Crippen molar-refractivity contribution in [3.63, 3.8) is 0 Å². The Labute approximate surface area is 155 Å². The third-order valence-corrected chi connectivity index (χ3v) is 4.28. The van der Waals surface area contributed by atoms with Crippen LogP contribution in [0.5, 0.6) is 23.0 Å². The van der Waals surface area contributed by atoms with Crippen LogP contribution in [0, 0.1) is 0 Å². The van der Waals surface area contributed by atoms with Gasteiger partial charge in [-0.25, -0.2) is 0 Å². The highest BCUT2D eigenvalue weighted by Gasteiger charge is 2.12. The van der Waals surface area contributed by atoms with E-state index in [1.807, 2.05) is 0 Å². The molecule has 0 unspecified atom stereocenters. The lowest BCUT2D eigenvalue weighted by Crippen LogP contribution is -1.99. The number of benzene rings is 2. The average molecular weight is 407 g/mol. The minimum Gasteiger partial charge on any atom is -0.497 e. The first-order chi connectivity index (χ1) is 12.0. The Balaban J connectivity index is 2.32. The van der Waals surface area contributed by atoms with Gasteiger partial charge in [-0.15, -0.1) is 0 Å². The summed E-state index contributed by atoms with van der Waals surface area (Å²) in [6, 6.07) is 8.65. The second kappa shape index (κ2) is 8.58. The van der Waals surface area contributed by atoms with E-state index in [0.717, 1.165) is 10.0 Å². The Bertz CT molecular complexity index is 799. The summed E-state index contributed by atoms with van der Waals surface area (Å²) in [7, 11) is 6.21. The second-order valence-corrected chi connectivity index (χ2v) is 5.85. The number of ketones is 1. The van der Waals surface area contributed by atoms with Gasteiger partial charge in [-0.1, -0.05) is 15.9 Å². The predicted molar refractivity (Wildman–Crippen MR) is 100 cm³/mol. The molecule has 25 heavy (non-hydrogen) atoms. The van der Waals surface area contributed by atoms with Crippen LogP contribution in [0.25, 0.3) is 6.08 Å². The molecule has 0 N–H and O–H groups in total. The summed E-state index contributed by atoms with van der Waals surface area (Å²) < 4.78 is 21.7. The first kappa shape index (κ1) is 18.9. The lowest BCUT2D eigenvalue weighted by atomic mass is 10.1. The molecule has 0 aliphatic rings. The summed E-state index contributed by atoms with van der Waals surface area (Å²) in [5.41, 5.74) is 1.25. The van der Waals surface area contributed by atoms with Crippen LogP contribution < -0.4 is 18.9 Å². The van der Waals surface area contributed by atoms with Gasteiger partial charge < -0.3 is 18.9 Å². The Morgan fingerprint density at radius 3 is 2.12 bits per heavy atom. The summed E-state index contributed by atoms with van der Waals surface area (Å²) in [6.07, 6.45) is 3.19. The van der Waals surface area contributed by atoms with Crippen molar-refractivity contribution in [1.29, 1.82) is 0 Å². The van der Waals surface area contributed by atoms with Crippen LogP contribution in [0.15, 0.2) is 40.9 Å². The van der Waals surface area contributed by atoms with Gasteiger partial charge in [-0.3, -0.25) is 4.79 Å². The van der Waals surface area contributed by atoms with Crippen molar-refractivity contribution < 1.29 is 23.7 Å². The molecule has 0 saturated carbocycles. The minimum absolute atomic E-state index is 0.179. The van der Waals surface area contributed by atoms with Crippen molar-refractivity contribution in [3.05, 3.63) is 52.0 Å². The maximum Gasteiger partial charge on any atom is 0.189 e. The summed E-state index contributed by atoms with van der Waals surface area (Å²) in [5.74, 6) is 2.09. The quantitative estimate of drug-likeness (QED) is 0.504. The van der Waals surface area contributed by atoms with Crippen LogP contribution in [0.1, 0.15) is 15.9 Å². The molecule has 6 heteroatoms. The summed E-state index contributed by atoms with van der Waals surface area (Å²) >= 11 is 3.47. The maximum atomic E-state index is 12.5. The number of halogens is 1. The fourth-order valence-electron chi connectivity index (χ4n) is 2.25. The molecule has 0 amide bonds. The second-order valence-electron chi connectivity index (χ2n) is 4.99. The number of hydrogen-bond acceptors (Lipinski definition) is 5. The molecular weight excluding hydrogens is 388 g/mol. The largest absolute Gasteiger partial charge is 0.497 e. The molecule has 5 nitrogen and oxygen atoms in total. The fourth-order valence-corrected chi connectivity index (χ4v) is 2.71. The van der Waals surface area contributed by atoms with Crippen LogP contribution in [-0.2, 0) is 0 Å². The lowest BCUT2D eigenvalue weighted by molar-refractivity contribution is 0.104. The van der Waals surface area contributed by atoms with Crippen LogP contribution in [0.2, 0.25) is 0 Å². The Morgan fingerprint density at radius 1 is 0.880 bits per heavy atom. The van der Waals surface area contributed by atoms with E-state index in [2.05, 4.69) is 15.9 Å². The van der Waals surface area contributed by atoms with Crippen molar-refractivity contribution in [3.8, 4) is 23.0 Å². The van der Waals surface area contributed by atoms with Crippen molar-refractivity contribution in [2.45, 2.75) is 0 Å². The molecule has 2 rings (SSSR count). The Kier molecular flexibility index (Phi) is 6.47. The van der Waals surface area contributed by atoms with Crippen molar-refractivity contribution >= 4 is 27.8 Å². The summed E-state index contributed by atoms with van der Waals surface area (Å²) in [4.78, 5) is 12.5. The summed E-state index contributed by atoms with van der Waals surface area (Å²) in [5, 5.41) is 0. The minimum atomic E-state index is -0.179. The van der Waals surface area contributed by atoms with Crippen LogP contribution >= 0.6 is 15.9 Å². The van der Waals surface area contributed by atoms with Gasteiger partial charge >= 0.3 is 0 Å². The molecule has 2 aromatic carbocycles. The highest BCUT2D eigenvalue weighted by Crippen LogP contribution is 2.34. The maximum absolute atomic E-state index is 12.5. The van der Waals surface area contributed by atoms with E-state index in [4.69, 9.17) is 18.9 Å². The van der Waals surface area contributed by atoms with E-state index < -0.39 is 0 Å². The van der Waals surface area contributed by atoms with E-state index in [9.17, 15) is 4.79 Å². The monoisotopic (exact) mass is 406 g/mol. The fraction of sp³-hybridized carbons (Fsp3) is 0.211. The molecule has 0 spiro atoms. The Morgan fingerprint density at radius 2 is 1.52 bits per heavy atom. The Hall–Kier alpha value is -2.47. The molecule has 132 valence electrons. The molecular formula is C19H19BrO5. The molecule has 0 fully saturated rings. The van der Waals surface area contributed by atoms with E-state index in [0.29, 0.717) is 28.6 Å². The molecule has 0 saturated heterocycles. The number of ether oxygens (including phenoxy) is 4. The number of carbonyl (C=O) groups excluding carboxylic acids is 1. The van der Waals surface area contributed by atoms with E-state index >= 15 is 0 Å². The SMILES string of the molecule is COc1ccc(C(=O)/C=C/c2cc(OC)c(OC)cc2Br)c(OC)c1. The van der Waals surface area contributed by atoms with Gasteiger partial charge in [0, 0.05) is 10.5 Å². The molecule has 0 bridgehead atoms. The van der Waals surface area contributed by atoms with Gasteiger partial charge in [0.05, 0.1) is 34.0 Å². The lowest BCUT2D eigenvalue weighted by Gasteiger charge is -2.10. The molecule has 0 aromatic heterocycles. The number of rotatable bonds is 7. The normalized spacial score (nSPS) is 10.6. The van der Waals surface area contributed by atoms with Gasteiger partial charge in [0.2, 0.25) is 0 Å². The van der Waals surface area contributed by atoms with Crippen LogP contribution in [-0.4, -0.2) is 34.2 Å². The third-order valence-electron chi connectivity index (χ3n) is 3.59. The highest BCUT2D eigenvalue weighted by atomic mass is 79.9. The number of carbonyl (C=O) groups is 1. The van der Waals surface area contributed by atoms with Crippen LogP contribution in [0.4, 0.5) is 0 Å². The average Bonchev–Trinajstić information content (AvgIpc) is 2.65. The number of allylic oxidation sites excluding steroid dienone is 1. The molecule has 0 atom stereocenters.